The van der Waals surface area contributed by atoms with Gasteiger partial charge < -0.3 is 24.9 Å². The van der Waals surface area contributed by atoms with E-state index in [1.807, 2.05) is 0 Å². The molecule has 0 aliphatic carbocycles. The van der Waals surface area contributed by atoms with E-state index in [1.54, 1.807) is 32.4 Å². The Bertz CT molecular complexity index is 423. The van der Waals surface area contributed by atoms with Gasteiger partial charge in [0.1, 0.15) is 11.4 Å². The van der Waals surface area contributed by atoms with Crippen molar-refractivity contribution >= 4 is 5.96 Å². The van der Waals surface area contributed by atoms with Crippen LogP contribution in [0.3, 0.4) is 0 Å². The predicted octanol–water partition coefficient (Wildman–Crippen LogP) is 0.689. The second-order valence-electron chi connectivity index (χ2n) is 5.29. The zero-order valence-corrected chi connectivity index (χ0v) is 12.1. The van der Waals surface area contributed by atoms with Crippen molar-refractivity contribution in [2.24, 2.45) is 10.9 Å². The van der Waals surface area contributed by atoms with E-state index in [-0.39, 0.29) is 0 Å². The van der Waals surface area contributed by atoms with Gasteiger partial charge in [0.2, 0.25) is 0 Å². The molecule has 1 saturated heterocycles. The molecule has 2 unspecified atom stereocenters. The lowest BCUT2D eigenvalue weighted by atomic mass is 10.0. The van der Waals surface area contributed by atoms with Crippen molar-refractivity contribution in [3.8, 4) is 0 Å². The Hall–Kier alpha value is -1.53. The van der Waals surface area contributed by atoms with Crippen molar-refractivity contribution in [1.29, 1.82) is 0 Å². The summed E-state index contributed by atoms with van der Waals surface area (Å²) in [7, 11) is 1.71. The molecule has 6 nitrogen and oxygen atoms in total. The van der Waals surface area contributed by atoms with Crippen molar-refractivity contribution in [2.75, 3.05) is 33.4 Å². The number of furan rings is 1. The second-order valence-corrected chi connectivity index (χ2v) is 5.29. The van der Waals surface area contributed by atoms with Crippen LogP contribution < -0.4 is 10.6 Å². The van der Waals surface area contributed by atoms with E-state index in [9.17, 15) is 5.11 Å². The molecule has 20 heavy (non-hydrogen) atoms. The number of nitrogens with one attached hydrogen (secondary N) is 2. The maximum absolute atomic E-state index is 10.3. The summed E-state index contributed by atoms with van der Waals surface area (Å²) in [4.78, 5) is 4.15. The van der Waals surface area contributed by atoms with Gasteiger partial charge in [-0.2, -0.15) is 0 Å². The van der Waals surface area contributed by atoms with Gasteiger partial charge in [0.25, 0.3) is 0 Å². The third-order valence-electron chi connectivity index (χ3n) is 3.46. The van der Waals surface area contributed by atoms with E-state index in [0.29, 0.717) is 24.2 Å². The second kappa shape index (κ2) is 6.76. The fourth-order valence-corrected chi connectivity index (χ4v) is 2.13. The van der Waals surface area contributed by atoms with E-state index >= 15 is 0 Å². The zero-order valence-electron chi connectivity index (χ0n) is 12.1. The number of nitrogens with zero attached hydrogens (tertiary/aromatic N) is 1. The Balaban J connectivity index is 1.78. The topological polar surface area (TPSA) is 79.0 Å². The van der Waals surface area contributed by atoms with E-state index in [2.05, 4.69) is 15.6 Å². The SMILES string of the molecule is CN=C(NCC1CCOC1)NCC(C)(O)c1ccco1. The van der Waals surface area contributed by atoms with Crippen LogP contribution >= 0.6 is 0 Å². The molecule has 1 aliphatic heterocycles. The van der Waals surface area contributed by atoms with Crippen LogP contribution in [0.1, 0.15) is 19.1 Å². The lowest BCUT2D eigenvalue weighted by Crippen LogP contribution is -2.45. The first kappa shape index (κ1) is 14.9. The highest BCUT2D eigenvalue weighted by Crippen LogP contribution is 2.19. The average Bonchev–Trinajstić information content (AvgIpc) is 3.12. The molecule has 1 aliphatic rings. The third-order valence-corrected chi connectivity index (χ3v) is 3.46. The van der Waals surface area contributed by atoms with Crippen LogP contribution in [-0.4, -0.2) is 44.4 Å². The molecule has 3 N–H and O–H groups in total. The molecule has 0 radical (unpaired) electrons. The Labute approximate surface area is 119 Å². The van der Waals surface area contributed by atoms with Crippen LogP contribution in [0.15, 0.2) is 27.8 Å². The molecule has 1 fully saturated rings. The predicted molar refractivity (Wildman–Crippen MR) is 76.6 cm³/mol. The molecule has 0 bridgehead atoms. The highest BCUT2D eigenvalue weighted by molar-refractivity contribution is 5.79. The highest BCUT2D eigenvalue weighted by atomic mass is 16.5. The zero-order chi connectivity index (χ0) is 14.4. The molecule has 0 aromatic carbocycles. The Kier molecular flexibility index (Phi) is 5.03. The molecule has 2 rings (SSSR count). The number of aliphatic imine (C=N–C) groups is 1. The lowest BCUT2D eigenvalue weighted by Gasteiger charge is -2.23. The highest BCUT2D eigenvalue weighted by Gasteiger charge is 2.26. The van der Waals surface area contributed by atoms with Gasteiger partial charge in [-0.25, -0.2) is 0 Å². The van der Waals surface area contributed by atoms with Gasteiger partial charge in [0, 0.05) is 26.1 Å². The minimum atomic E-state index is -1.07. The summed E-state index contributed by atoms with van der Waals surface area (Å²) in [5.74, 6) is 1.73. The number of aliphatic hydroxyl groups is 1. The number of hydrogen-bond donors (Lipinski definition) is 3. The molecule has 2 heterocycles. The fraction of sp³-hybridized carbons (Fsp3) is 0.643. The van der Waals surface area contributed by atoms with Gasteiger partial charge in [-0.3, -0.25) is 4.99 Å². The number of hydrogen-bond acceptors (Lipinski definition) is 4. The van der Waals surface area contributed by atoms with E-state index in [0.717, 1.165) is 26.2 Å². The molecule has 0 amide bonds. The molecule has 0 saturated carbocycles. The van der Waals surface area contributed by atoms with Gasteiger partial charge in [-0.1, -0.05) is 0 Å². The average molecular weight is 281 g/mol. The maximum atomic E-state index is 10.3. The number of rotatable bonds is 5. The van der Waals surface area contributed by atoms with Crippen LogP contribution in [0.2, 0.25) is 0 Å². The molecular formula is C14H23N3O3. The molecule has 6 heteroatoms. The Morgan fingerprint density at radius 1 is 1.55 bits per heavy atom. The summed E-state index contributed by atoms with van der Waals surface area (Å²) < 4.78 is 10.6. The number of guanidine groups is 1. The van der Waals surface area contributed by atoms with Gasteiger partial charge in [-0.05, 0) is 25.5 Å². The van der Waals surface area contributed by atoms with E-state index < -0.39 is 5.60 Å². The van der Waals surface area contributed by atoms with Crippen LogP contribution in [0.4, 0.5) is 0 Å². The Morgan fingerprint density at radius 3 is 3.00 bits per heavy atom. The number of ether oxygens (including phenoxy) is 1. The summed E-state index contributed by atoms with van der Waals surface area (Å²) in [5.41, 5.74) is -1.07. The third kappa shape index (κ3) is 3.98. The van der Waals surface area contributed by atoms with Gasteiger partial charge in [-0.15, -0.1) is 0 Å². The monoisotopic (exact) mass is 281 g/mol. The fourth-order valence-electron chi connectivity index (χ4n) is 2.13. The first-order valence-corrected chi connectivity index (χ1v) is 6.90. The van der Waals surface area contributed by atoms with Crippen molar-refractivity contribution in [2.45, 2.75) is 18.9 Å². The van der Waals surface area contributed by atoms with Crippen LogP contribution in [0, 0.1) is 5.92 Å². The first-order chi connectivity index (χ1) is 9.62. The van der Waals surface area contributed by atoms with Crippen LogP contribution in [-0.2, 0) is 10.3 Å². The van der Waals surface area contributed by atoms with Crippen molar-refractivity contribution in [3.63, 3.8) is 0 Å². The summed E-state index contributed by atoms with van der Waals surface area (Å²) in [6, 6.07) is 3.52. The molecule has 1 aromatic rings. The lowest BCUT2D eigenvalue weighted by molar-refractivity contribution is 0.0385. The van der Waals surface area contributed by atoms with E-state index in [1.165, 1.54) is 0 Å². The maximum Gasteiger partial charge on any atom is 0.191 e. The summed E-state index contributed by atoms with van der Waals surface area (Å²) >= 11 is 0. The Morgan fingerprint density at radius 2 is 2.40 bits per heavy atom. The van der Waals surface area contributed by atoms with Crippen LogP contribution in [0.5, 0.6) is 0 Å². The van der Waals surface area contributed by atoms with Crippen molar-refractivity contribution < 1.29 is 14.3 Å². The quantitative estimate of drug-likeness (QED) is 0.546. The molecular weight excluding hydrogens is 258 g/mol. The van der Waals surface area contributed by atoms with E-state index in [4.69, 9.17) is 9.15 Å². The molecule has 1 aromatic heterocycles. The van der Waals surface area contributed by atoms with Crippen molar-refractivity contribution in [1.82, 2.24) is 10.6 Å². The minimum Gasteiger partial charge on any atom is -0.466 e. The normalized spacial score (nSPS) is 22.6. The molecule has 0 spiro atoms. The summed E-state index contributed by atoms with van der Waals surface area (Å²) in [6.07, 6.45) is 2.63. The molecule has 112 valence electrons. The first-order valence-electron chi connectivity index (χ1n) is 6.90. The van der Waals surface area contributed by atoms with Gasteiger partial charge in [0.15, 0.2) is 5.96 Å². The molecule has 2 atom stereocenters. The largest absolute Gasteiger partial charge is 0.466 e. The van der Waals surface area contributed by atoms with Crippen molar-refractivity contribution in [3.05, 3.63) is 24.2 Å². The smallest absolute Gasteiger partial charge is 0.191 e. The van der Waals surface area contributed by atoms with Gasteiger partial charge in [0.05, 0.1) is 19.4 Å². The van der Waals surface area contributed by atoms with Gasteiger partial charge >= 0.3 is 0 Å². The standard InChI is InChI=1S/C14H23N3O3/c1-14(18,12-4-3-6-20-12)10-17-13(15-2)16-8-11-5-7-19-9-11/h3-4,6,11,18H,5,7-10H2,1-2H3,(H2,15,16,17). The van der Waals surface area contributed by atoms with Crippen LogP contribution in [0.25, 0.3) is 0 Å². The minimum absolute atomic E-state index is 0.321. The summed E-state index contributed by atoms with van der Waals surface area (Å²) in [6.45, 7) is 4.49. The summed E-state index contributed by atoms with van der Waals surface area (Å²) in [5, 5.41) is 16.7.